The summed E-state index contributed by atoms with van der Waals surface area (Å²) in [6, 6.07) is 7.64. The summed E-state index contributed by atoms with van der Waals surface area (Å²) in [6.07, 6.45) is 0. The van der Waals surface area contributed by atoms with E-state index in [4.69, 9.17) is 16.3 Å². The third-order valence-electron chi connectivity index (χ3n) is 2.96. The van der Waals surface area contributed by atoms with E-state index < -0.39 is 0 Å². The van der Waals surface area contributed by atoms with Crippen molar-refractivity contribution in [3.05, 3.63) is 50.6 Å². The molecule has 1 aromatic heterocycles. The highest BCUT2D eigenvalue weighted by Crippen LogP contribution is 2.27. The average Bonchev–Trinajstić information content (AvgIpc) is 2.43. The first kappa shape index (κ1) is 15.1. The van der Waals surface area contributed by atoms with Gasteiger partial charge >= 0.3 is 0 Å². The predicted molar refractivity (Wildman–Crippen MR) is 86.7 cm³/mol. The molecule has 0 spiro atoms. The maximum absolute atomic E-state index is 6.13. The first-order valence-corrected chi connectivity index (χ1v) is 7.41. The zero-order valence-electron chi connectivity index (χ0n) is 11.6. The normalized spacial score (nSPS) is 10.4. The molecule has 1 aromatic carbocycles. The van der Waals surface area contributed by atoms with Crippen molar-refractivity contribution < 1.29 is 4.74 Å². The molecule has 2 rings (SSSR count). The lowest BCUT2D eigenvalue weighted by molar-refractivity contribution is 0.301. The monoisotopic (exact) mass is 354 g/mol. The van der Waals surface area contributed by atoms with Crippen LogP contribution >= 0.6 is 27.5 Å². The van der Waals surface area contributed by atoms with Crippen LogP contribution in [-0.4, -0.2) is 12.0 Å². The minimum absolute atomic E-state index is 0.342. The Kier molecular flexibility index (Phi) is 4.89. The fourth-order valence-corrected chi connectivity index (χ4v) is 2.25. The lowest BCUT2D eigenvalue weighted by Crippen LogP contribution is -2.02. The van der Waals surface area contributed by atoms with Gasteiger partial charge < -0.3 is 10.1 Å². The summed E-state index contributed by atoms with van der Waals surface area (Å²) in [5.41, 5.74) is 3.00. The van der Waals surface area contributed by atoms with Crippen LogP contribution in [0.5, 0.6) is 5.75 Å². The maximum atomic E-state index is 6.13. The van der Waals surface area contributed by atoms with Gasteiger partial charge in [0.25, 0.3) is 0 Å². The predicted octanol–water partition coefficient (Wildman–Crippen LogP) is 4.74. The Morgan fingerprint density at radius 2 is 1.90 bits per heavy atom. The van der Waals surface area contributed by atoms with Crippen molar-refractivity contribution in [2.45, 2.75) is 20.5 Å². The zero-order chi connectivity index (χ0) is 14.7. The summed E-state index contributed by atoms with van der Waals surface area (Å²) in [4.78, 5) is 4.39. The number of rotatable bonds is 4. The molecule has 0 bridgehead atoms. The number of anilines is 1. The lowest BCUT2D eigenvalue weighted by atomic mass is 10.1. The van der Waals surface area contributed by atoms with Crippen LogP contribution < -0.4 is 10.1 Å². The van der Waals surface area contributed by atoms with Crippen molar-refractivity contribution >= 4 is 33.3 Å². The van der Waals surface area contributed by atoms with Gasteiger partial charge in [0, 0.05) is 11.5 Å². The van der Waals surface area contributed by atoms with Gasteiger partial charge in [-0.1, -0.05) is 27.5 Å². The second-order valence-corrected chi connectivity index (χ2v) is 5.73. The Bertz CT molecular complexity index is 608. The van der Waals surface area contributed by atoms with Gasteiger partial charge in [-0.05, 0) is 49.2 Å². The molecule has 2 aromatic rings. The van der Waals surface area contributed by atoms with Crippen LogP contribution in [0.25, 0.3) is 0 Å². The number of hydrogen-bond acceptors (Lipinski definition) is 3. The molecule has 0 fully saturated rings. The third-order valence-corrected chi connectivity index (χ3v) is 4.56. The Balaban J connectivity index is 2.16. The van der Waals surface area contributed by atoms with E-state index in [1.165, 1.54) is 0 Å². The second kappa shape index (κ2) is 6.46. The van der Waals surface area contributed by atoms with Crippen molar-refractivity contribution in [2.24, 2.45) is 0 Å². The highest BCUT2D eigenvalue weighted by Gasteiger charge is 2.07. The minimum Gasteiger partial charge on any atom is -0.487 e. The molecule has 20 heavy (non-hydrogen) atoms. The van der Waals surface area contributed by atoms with E-state index in [-0.39, 0.29) is 0 Å². The molecule has 3 nitrogen and oxygen atoms in total. The molecule has 0 saturated carbocycles. The molecule has 106 valence electrons. The molecule has 1 heterocycles. The van der Waals surface area contributed by atoms with Crippen LogP contribution in [0.2, 0.25) is 5.02 Å². The van der Waals surface area contributed by atoms with Gasteiger partial charge in [0.15, 0.2) is 0 Å². The van der Waals surface area contributed by atoms with Gasteiger partial charge in [-0.25, -0.2) is 4.98 Å². The summed E-state index contributed by atoms with van der Waals surface area (Å²) in [5, 5.41) is 3.59. The number of pyridine rings is 1. The molecular weight excluding hydrogens is 340 g/mol. The summed E-state index contributed by atoms with van der Waals surface area (Å²) >= 11 is 9.67. The molecule has 0 radical (unpaired) electrons. The number of benzene rings is 1. The smallest absolute Gasteiger partial charge is 0.132 e. The van der Waals surface area contributed by atoms with Gasteiger partial charge in [0.1, 0.15) is 18.2 Å². The Morgan fingerprint density at radius 3 is 2.50 bits per heavy atom. The summed E-state index contributed by atoms with van der Waals surface area (Å²) < 4.78 is 6.90. The van der Waals surface area contributed by atoms with E-state index in [0.717, 1.165) is 32.9 Å². The number of nitrogens with zero attached hydrogens (tertiary/aromatic N) is 1. The van der Waals surface area contributed by atoms with E-state index in [1.807, 2.05) is 45.2 Å². The van der Waals surface area contributed by atoms with Crippen LogP contribution in [0.1, 0.15) is 16.8 Å². The van der Waals surface area contributed by atoms with E-state index in [1.54, 1.807) is 0 Å². The highest BCUT2D eigenvalue weighted by atomic mass is 79.9. The molecule has 0 unspecified atom stereocenters. The fourth-order valence-electron chi connectivity index (χ4n) is 1.87. The van der Waals surface area contributed by atoms with Crippen molar-refractivity contribution in [1.82, 2.24) is 4.98 Å². The molecule has 0 aliphatic carbocycles. The van der Waals surface area contributed by atoms with Gasteiger partial charge in [-0.3, -0.25) is 0 Å². The van der Waals surface area contributed by atoms with Crippen molar-refractivity contribution in [1.29, 1.82) is 0 Å². The molecule has 0 aliphatic heterocycles. The summed E-state index contributed by atoms with van der Waals surface area (Å²) in [5.74, 6) is 1.59. The van der Waals surface area contributed by atoms with Crippen LogP contribution in [0.4, 0.5) is 5.82 Å². The Labute approximate surface area is 132 Å². The first-order valence-electron chi connectivity index (χ1n) is 6.24. The number of aromatic nitrogens is 1. The SMILES string of the molecule is CNc1ccc(Cl)c(COc2cc(C)c(Br)c(C)c2)n1. The van der Waals surface area contributed by atoms with Gasteiger partial charge in [-0.15, -0.1) is 0 Å². The minimum atomic E-state index is 0.342. The number of nitrogens with one attached hydrogen (secondary N) is 1. The van der Waals surface area contributed by atoms with Crippen LogP contribution in [0.3, 0.4) is 0 Å². The molecule has 0 atom stereocenters. The molecule has 0 amide bonds. The number of ether oxygens (including phenoxy) is 1. The second-order valence-electron chi connectivity index (χ2n) is 4.53. The Hall–Kier alpha value is -1.26. The first-order chi connectivity index (χ1) is 9.51. The zero-order valence-corrected chi connectivity index (χ0v) is 14.0. The fraction of sp³-hybridized carbons (Fsp3) is 0.267. The van der Waals surface area contributed by atoms with Crippen molar-refractivity contribution in [3.63, 3.8) is 0 Å². The number of aryl methyl sites for hydroxylation is 2. The average molecular weight is 356 g/mol. The molecular formula is C15H16BrClN2O. The standard InChI is InChI=1S/C15H16BrClN2O/c1-9-6-11(7-10(2)15(9)16)20-8-13-12(17)4-5-14(18-3)19-13/h4-7H,8H2,1-3H3,(H,18,19). The van der Waals surface area contributed by atoms with E-state index in [2.05, 4.69) is 26.2 Å². The van der Waals surface area contributed by atoms with E-state index in [9.17, 15) is 0 Å². The topological polar surface area (TPSA) is 34.1 Å². The van der Waals surface area contributed by atoms with Crippen LogP contribution in [0.15, 0.2) is 28.7 Å². The summed E-state index contributed by atoms with van der Waals surface area (Å²) in [7, 11) is 1.82. The highest BCUT2D eigenvalue weighted by molar-refractivity contribution is 9.10. The molecule has 0 aliphatic rings. The van der Waals surface area contributed by atoms with Crippen LogP contribution in [0, 0.1) is 13.8 Å². The molecule has 0 saturated heterocycles. The largest absolute Gasteiger partial charge is 0.487 e. The Morgan fingerprint density at radius 1 is 1.25 bits per heavy atom. The van der Waals surface area contributed by atoms with Crippen molar-refractivity contribution in [3.8, 4) is 5.75 Å². The molecule has 5 heteroatoms. The molecule has 1 N–H and O–H groups in total. The van der Waals surface area contributed by atoms with Gasteiger partial charge in [-0.2, -0.15) is 0 Å². The van der Waals surface area contributed by atoms with Crippen LogP contribution in [-0.2, 0) is 6.61 Å². The van der Waals surface area contributed by atoms with Gasteiger partial charge in [0.2, 0.25) is 0 Å². The lowest BCUT2D eigenvalue weighted by Gasteiger charge is -2.11. The maximum Gasteiger partial charge on any atom is 0.132 e. The quantitative estimate of drug-likeness (QED) is 0.860. The van der Waals surface area contributed by atoms with Gasteiger partial charge in [0.05, 0.1) is 10.7 Å². The van der Waals surface area contributed by atoms with E-state index in [0.29, 0.717) is 11.6 Å². The van der Waals surface area contributed by atoms with Crippen molar-refractivity contribution in [2.75, 3.05) is 12.4 Å². The number of hydrogen-bond donors (Lipinski definition) is 1. The third kappa shape index (κ3) is 3.44. The summed E-state index contributed by atoms with van der Waals surface area (Å²) in [6.45, 7) is 4.42. The van der Waals surface area contributed by atoms with E-state index >= 15 is 0 Å². The number of halogens is 2.